The Labute approximate surface area is 319 Å². The van der Waals surface area contributed by atoms with Crippen molar-refractivity contribution in [3.8, 4) is 5.75 Å². The monoisotopic (exact) mass is 709 g/mol. The number of anilines is 1. The molecule has 4 heteroatoms. The summed E-state index contributed by atoms with van der Waals surface area (Å²) in [6, 6.07) is 26.1. The van der Waals surface area contributed by atoms with Crippen LogP contribution in [0.2, 0.25) is 0 Å². The van der Waals surface area contributed by atoms with Gasteiger partial charge in [-0.2, -0.15) is 4.58 Å². The van der Waals surface area contributed by atoms with E-state index in [0.717, 1.165) is 63.1 Å². The van der Waals surface area contributed by atoms with Crippen LogP contribution in [0.5, 0.6) is 5.75 Å². The van der Waals surface area contributed by atoms with Crippen molar-refractivity contribution in [2.45, 2.75) is 124 Å². The van der Waals surface area contributed by atoms with E-state index in [4.69, 9.17) is 4.74 Å². The van der Waals surface area contributed by atoms with Gasteiger partial charge in [0.1, 0.15) is 23.8 Å². The summed E-state index contributed by atoms with van der Waals surface area (Å²) in [5.41, 5.74) is 11.7. The summed E-state index contributed by atoms with van der Waals surface area (Å²) in [7, 11) is 0. The van der Waals surface area contributed by atoms with Crippen LogP contribution in [0.3, 0.4) is 0 Å². The van der Waals surface area contributed by atoms with Gasteiger partial charge in [0.2, 0.25) is 5.69 Å². The fourth-order valence-corrected chi connectivity index (χ4v) is 8.57. The lowest BCUT2D eigenvalue weighted by molar-refractivity contribution is -0.438. The van der Waals surface area contributed by atoms with Crippen LogP contribution in [0.1, 0.15) is 122 Å². The first-order chi connectivity index (χ1) is 25.5. The van der Waals surface area contributed by atoms with E-state index >= 15 is 0 Å². The fraction of sp³-hybridized carbons (Fsp3) is 0.429. The number of nitrogens with zero attached hydrogens (tertiary/aromatic N) is 2. The minimum absolute atomic E-state index is 0.0958. The maximum Gasteiger partial charge on any atom is 0.209 e. The molecule has 0 saturated carbocycles. The van der Waals surface area contributed by atoms with Gasteiger partial charge in [-0.3, -0.25) is 0 Å². The highest BCUT2D eigenvalue weighted by Crippen LogP contribution is 2.48. The van der Waals surface area contributed by atoms with Crippen LogP contribution >= 0.6 is 0 Å². The van der Waals surface area contributed by atoms with Gasteiger partial charge in [0.05, 0.1) is 5.41 Å². The van der Waals surface area contributed by atoms with Crippen molar-refractivity contribution in [3.05, 3.63) is 136 Å². The first-order valence-electron chi connectivity index (χ1n) is 20.2. The Morgan fingerprint density at radius 3 is 2.38 bits per heavy atom. The number of fused-ring (bicyclic) bond motifs is 2. The van der Waals surface area contributed by atoms with Crippen LogP contribution in [0.25, 0.3) is 0 Å². The van der Waals surface area contributed by atoms with Crippen LogP contribution in [0.15, 0.2) is 120 Å². The molecule has 0 bridgehead atoms. The third-order valence-corrected chi connectivity index (χ3v) is 11.6. The maximum absolute atomic E-state index is 11.6. The summed E-state index contributed by atoms with van der Waals surface area (Å²) in [6.45, 7) is 17.6. The molecular formula is C49H61N2O2+. The Hall–Kier alpha value is -4.44. The number of para-hydroxylation sites is 2. The van der Waals surface area contributed by atoms with Crippen molar-refractivity contribution in [1.82, 2.24) is 0 Å². The third-order valence-electron chi connectivity index (χ3n) is 11.6. The van der Waals surface area contributed by atoms with Crippen molar-refractivity contribution in [3.63, 3.8) is 0 Å². The molecule has 3 aliphatic rings. The molecule has 0 N–H and O–H groups in total. The van der Waals surface area contributed by atoms with Gasteiger partial charge in [-0.1, -0.05) is 93.8 Å². The molecule has 2 aliphatic heterocycles. The number of hydrogen-bond donors (Lipinski definition) is 0. The van der Waals surface area contributed by atoms with E-state index in [1.54, 1.807) is 6.92 Å². The topological polar surface area (TPSA) is 32.5 Å². The second-order valence-corrected chi connectivity index (χ2v) is 16.4. The van der Waals surface area contributed by atoms with Gasteiger partial charge in [-0.05, 0) is 113 Å². The van der Waals surface area contributed by atoms with Gasteiger partial charge >= 0.3 is 0 Å². The summed E-state index contributed by atoms with van der Waals surface area (Å²) >= 11 is 0. The second kappa shape index (κ2) is 16.7. The zero-order valence-electron chi connectivity index (χ0n) is 33.4. The Morgan fingerprint density at radius 1 is 0.830 bits per heavy atom. The standard InChI is InChI=1S/C49H61N2O2/c1-8-9-17-33-51-44-30-27-36(2)35-42(44)49(6,7)46(51)32-29-39-22-19-21-38(47(39)53-40-23-13-10-14-24-40)28-31-45-48(4,5)41-25-15-16-26-43(41)50(45)34-18-11-12-20-37(3)52/h10,13-16,23-32,35H,8-9,11-12,17-22,33-34H2,1-7H3/q+1. The number of carbonyl (C=O) groups is 1. The van der Waals surface area contributed by atoms with E-state index < -0.39 is 0 Å². The SMILES string of the molecule is CCCCCN1/C(=C/C=C2\CCCC(/C=C/C3=[N+](CCCCCC(C)=O)c4ccccc4C3(C)C)=C2Oc2ccccc2)C(C)(C)c2cc(C)ccc21. The molecular weight excluding hydrogens is 649 g/mol. The van der Waals surface area contributed by atoms with E-state index in [-0.39, 0.29) is 16.6 Å². The van der Waals surface area contributed by atoms with Gasteiger partial charge in [0.25, 0.3) is 0 Å². The largest absolute Gasteiger partial charge is 0.457 e. The van der Waals surface area contributed by atoms with Gasteiger partial charge in [-0.15, -0.1) is 0 Å². The summed E-state index contributed by atoms with van der Waals surface area (Å²) in [5, 5.41) is 0. The minimum Gasteiger partial charge on any atom is -0.457 e. The minimum atomic E-state index is -0.131. The Bertz CT molecular complexity index is 1950. The number of ketones is 1. The zero-order chi connectivity index (χ0) is 37.6. The molecule has 0 radical (unpaired) electrons. The van der Waals surface area contributed by atoms with E-state index in [0.29, 0.717) is 6.42 Å². The molecule has 2 heterocycles. The van der Waals surface area contributed by atoms with Crippen molar-refractivity contribution in [2.75, 3.05) is 18.0 Å². The molecule has 0 amide bonds. The molecule has 4 nitrogen and oxygen atoms in total. The lowest BCUT2D eigenvalue weighted by Gasteiger charge is -2.27. The maximum atomic E-state index is 11.6. The fourth-order valence-electron chi connectivity index (χ4n) is 8.57. The van der Waals surface area contributed by atoms with E-state index in [2.05, 4.69) is 142 Å². The Morgan fingerprint density at radius 2 is 1.60 bits per heavy atom. The predicted octanol–water partition coefficient (Wildman–Crippen LogP) is 12.4. The summed E-state index contributed by atoms with van der Waals surface area (Å²) < 4.78 is 9.39. The Kier molecular flexibility index (Phi) is 12.1. The molecule has 278 valence electrons. The second-order valence-electron chi connectivity index (χ2n) is 16.4. The number of ether oxygens (including phenoxy) is 1. The van der Waals surface area contributed by atoms with Crippen LogP contribution < -0.4 is 9.64 Å². The number of unbranched alkanes of at least 4 members (excludes halogenated alkanes) is 4. The van der Waals surface area contributed by atoms with E-state index in [1.807, 2.05) is 6.07 Å². The quantitative estimate of drug-likeness (QED) is 0.116. The van der Waals surface area contributed by atoms with Gasteiger partial charge < -0.3 is 14.4 Å². The first-order valence-corrected chi connectivity index (χ1v) is 20.2. The number of hydrogen-bond acceptors (Lipinski definition) is 3. The molecule has 0 aromatic heterocycles. The van der Waals surface area contributed by atoms with Gasteiger partial charge in [0, 0.05) is 53.9 Å². The summed E-state index contributed by atoms with van der Waals surface area (Å²) in [6.07, 6.45) is 19.9. The normalized spacial score (nSPS) is 19.1. The molecule has 53 heavy (non-hydrogen) atoms. The van der Waals surface area contributed by atoms with Crippen molar-refractivity contribution >= 4 is 22.9 Å². The molecule has 1 aliphatic carbocycles. The van der Waals surface area contributed by atoms with E-state index in [1.165, 1.54) is 69.9 Å². The van der Waals surface area contributed by atoms with Crippen molar-refractivity contribution in [2.24, 2.45) is 0 Å². The van der Waals surface area contributed by atoms with Crippen LogP contribution in [-0.2, 0) is 15.6 Å². The number of Topliss-reactive ketones (excluding diaryl/α,β-unsaturated/α-hetero) is 1. The molecule has 0 spiro atoms. The number of rotatable bonds is 15. The van der Waals surface area contributed by atoms with Crippen LogP contribution in [0, 0.1) is 6.92 Å². The zero-order valence-corrected chi connectivity index (χ0v) is 33.4. The smallest absolute Gasteiger partial charge is 0.209 e. The average molecular weight is 710 g/mol. The third kappa shape index (κ3) is 8.38. The van der Waals surface area contributed by atoms with Crippen LogP contribution in [0.4, 0.5) is 11.4 Å². The number of benzene rings is 3. The molecule has 3 aromatic carbocycles. The Balaban J connectivity index is 1.40. The lowest BCUT2D eigenvalue weighted by atomic mass is 9.81. The lowest BCUT2D eigenvalue weighted by Crippen LogP contribution is -2.28. The van der Waals surface area contributed by atoms with Crippen LogP contribution in [-0.4, -0.2) is 29.2 Å². The molecule has 0 saturated heterocycles. The molecule has 0 unspecified atom stereocenters. The highest BCUT2D eigenvalue weighted by atomic mass is 16.5. The molecule has 0 fully saturated rings. The predicted molar refractivity (Wildman–Crippen MR) is 223 cm³/mol. The highest BCUT2D eigenvalue weighted by molar-refractivity contribution is 6.03. The number of carbonyl (C=O) groups excluding carboxylic acids is 1. The van der Waals surface area contributed by atoms with Crippen molar-refractivity contribution in [1.29, 1.82) is 0 Å². The van der Waals surface area contributed by atoms with Gasteiger partial charge in [0.15, 0.2) is 5.71 Å². The average Bonchev–Trinajstić information content (AvgIpc) is 3.48. The van der Waals surface area contributed by atoms with E-state index in [9.17, 15) is 4.79 Å². The summed E-state index contributed by atoms with van der Waals surface area (Å²) in [5.74, 6) is 2.14. The van der Waals surface area contributed by atoms with Crippen molar-refractivity contribution < 1.29 is 14.1 Å². The van der Waals surface area contributed by atoms with Gasteiger partial charge in [-0.25, -0.2) is 0 Å². The molecule has 0 atom stereocenters. The number of aryl methyl sites for hydroxylation is 1. The highest BCUT2D eigenvalue weighted by Gasteiger charge is 2.44. The first kappa shape index (κ1) is 38.3. The number of allylic oxidation sites excluding steroid dienone is 7. The summed E-state index contributed by atoms with van der Waals surface area (Å²) in [4.78, 5) is 14.2. The molecule has 3 aromatic rings. The molecule has 6 rings (SSSR count).